The summed E-state index contributed by atoms with van der Waals surface area (Å²) in [7, 11) is 0. The lowest BCUT2D eigenvalue weighted by Gasteiger charge is -2.04. The maximum absolute atomic E-state index is 3.61. The largest absolute Gasteiger partial charge is 0.0716 e. The van der Waals surface area contributed by atoms with Crippen LogP contribution in [0.3, 0.4) is 0 Å². The Morgan fingerprint density at radius 2 is 1.36 bits per heavy atom. The van der Waals surface area contributed by atoms with E-state index in [0.29, 0.717) is 0 Å². The molecule has 4 rings (SSSR count). The summed E-state index contributed by atoms with van der Waals surface area (Å²) in [6.45, 7) is 0. The lowest BCUT2D eigenvalue weighted by molar-refractivity contribution is 1.27. The predicted octanol–water partition coefficient (Wildman–Crippen LogP) is 6.10. The minimum absolute atomic E-state index is 0.955. The molecule has 0 bridgehead atoms. The lowest BCUT2D eigenvalue weighted by atomic mass is 10.0. The van der Waals surface area contributed by atoms with Crippen LogP contribution in [-0.4, -0.2) is 0 Å². The fourth-order valence-electron chi connectivity index (χ4n) is 3.13. The lowest BCUT2D eigenvalue weighted by Crippen LogP contribution is -1.85. The van der Waals surface area contributed by atoms with Crippen molar-refractivity contribution in [2.75, 3.05) is 0 Å². The summed E-state index contributed by atoms with van der Waals surface area (Å²) in [5, 5.41) is 0. The monoisotopic (exact) mass is 346 g/mol. The average Bonchev–Trinajstić information content (AvgIpc) is 2.87. The highest BCUT2D eigenvalue weighted by Gasteiger charge is 2.22. The van der Waals surface area contributed by atoms with Gasteiger partial charge in [0.15, 0.2) is 0 Å². The van der Waals surface area contributed by atoms with Gasteiger partial charge in [0.1, 0.15) is 0 Å². The number of benzene rings is 3. The minimum atomic E-state index is 0.955. The summed E-state index contributed by atoms with van der Waals surface area (Å²) >= 11 is 3.61. The Kier molecular flexibility index (Phi) is 3.44. The molecule has 1 aliphatic carbocycles. The van der Waals surface area contributed by atoms with Crippen LogP contribution in [0.5, 0.6) is 0 Å². The van der Waals surface area contributed by atoms with Gasteiger partial charge in [0, 0.05) is 4.47 Å². The molecule has 0 saturated heterocycles. The zero-order valence-corrected chi connectivity index (χ0v) is 13.7. The van der Waals surface area contributed by atoms with E-state index in [-0.39, 0.29) is 0 Å². The number of rotatable bonds is 2. The molecule has 3 aromatic carbocycles. The zero-order valence-electron chi connectivity index (χ0n) is 12.1. The molecule has 1 aliphatic rings. The van der Waals surface area contributed by atoms with Gasteiger partial charge >= 0.3 is 0 Å². The Morgan fingerprint density at radius 3 is 2.18 bits per heavy atom. The Hall–Kier alpha value is -2.12. The van der Waals surface area contributed by atoms with E-state index in [1.165, 1.54) is 33.4 Å². The van der Waals surface area contributed by atoms with Crippen molar-refractivity contribution in [1.29, 1.82) is 0 Å². The molecular formula is C21H15Br. The summed E-state index contributed by atoms with van der Waals surface area (Å²) in [6.07, 6.45) is 3.31. The van der Waals surface area contributed by atoms with Crippen molar-refractivity contribution in [1.82, 2.24) is 0 Å². The van der Waals surface area contributed by atoms with E-state index in [9.17, 15) is 0 Å². The Bertz CT molecular complexity index is 860. The fraction of sp³-hybridized carbons (Fsp3) is 0.0476. The maximum Gasteiger partial charge on any atom is 0.0181 e. The van der Waals surface area contributed by atoms with Crippen LogP contribution in [-0.2, 0) is 6.42 Å². The van der Waals surface area contributed by atoms with Gasteiger partial charge in [-0.15, -0.1) is 0 Å². The Morgan fingerprint density at radius 1 is 0.682 bits per heavy atom. The second-order valence-corrected chi connectivity index (χ2v) is 6.46. The first-order valence-electron chi connectivity index (χ1n) is 7.47. The highest BCUT2D eigenvalue weighted by atomic mass is 79.9. The maximum atomic E-state index is 3.61. The quantitative estimate of drug-likeness (QED) is 0.411. The molecule has 0 amide bonds. The third-order valence-electron chi connectivity index (χ3n) is 4.16. The van der Waals surface area contributed by atoms with Crippen molar-refractivity contribution in [3.8, 4) is 11.1 Å². The topological polar surface area (TPSA) is 0 Å². The first-order chi connectivity index (χ1) is 10.8. The fourth-order valence-corrected chi connectivity index (χ4v) is 3.49. The van der Waals surface area contributed by atoms with E-state index in [2.05, 4.69) is 94.8 Å². The predicted molar refractivity (Wildman–Crippen MR) is 96.8 cm³/mol. The van der Waals surface area contributed by atoms with Gasteiger partial charge in [0.2, 0.25) is 0 Å². The molecule has 0 unspecified atom stereocenters. The van der Waals surface area contributed by atoms with E-state index < -0.39 is 0 Å². The van der Waals surface area contributed by atoms with Gasteiger partial charge in [-0.05, 0) is 51.9 Å². The van der Waals surface area contributed by atoms with Crippen molar-refractivity contribution < 1.29 is 0 Å². The van der Waals surface area contributed by atoms with Crippen LogP contribution in [0, 0.1) is 0 Å². The highest BCUT2D eigenvalue weighted by molar-refractivity contribution is 9.10. The molecule has 0 aromatic heterocycles. The number of halogens is 1. The summed E-state index contributed by atoms with van der Waals surface area (Å²) in [5.41, 5.74) is 8.02. The molecular weight excluding hydrogens is 332 g/mol. The number of allylic oxidation sites excluding steroid dienone is 1. The SMILES string of the molecule is Brc1ccc2c(c1)/C(=C/Cc1ccccc1)c1ccccc1-2. The van der Waals surface area contributed by atoms with Crippen molar-refractivity contribution in [2.45, 2.75) is 6.42 Å². The van der Waals surface area contributed by atoms with Gasteiger partial charge < -0.3 is 0 Å². The molecule has 0 aliphatic heterocycles. The van der Waals surface area contributed by atoms with Gasteiger partial charge in [-0.3, -0.25) is 0 Å². The van der Waals surface area contributed by atoms with Crippen LogP contribution in [0.15, 0.2) is 83.3 Å². The van der Waals surface area contributed by atoms with Crippen LogP contribution in [0.25, 0.3) is 16.7 Å². The van der Waals surface area contributed by atoms with Gasteiger partial charge in [0.05, 0.1) is 0 Å². The van der Waals surface area contributed by atoms with Crippen LogP contribution in [0.2, 0.25) is 0 Å². The van der Waals surface area contributed by atoms with E-state index >= 15 is 0 Å². The zero-order chi connectivity index (χ0) is 14.9. The molecule has 22 heavy (non-hydrogen) atoms. The molecule has 0 N–H and O–H groups in total. The molecule has 0 heterocycles. The third kappa shape index (κ3) is 2.32. The minimum Gasteiger partial charge on any atom is -0.0716 e. The second kappa shape index (κ2) is 5.58. The van der Waals surface area contributed by atoms with Crippen molar-refractivity contribution in [3.63, 3.8) is 0 Å². The number of hydrogen-bond donors (Lipinski definition) is 0. The second-order valence-electron chi connectivity index (χ2n) is 5.54. The summed E-state index contributed by atoms with van der Waals surface area (Å²) in [6, 6.07) is 25.9. The average molecular weight is 347 g/mol. The summed E-state index contributed by atoms with van der Waals surface area (Å²) in [4.78, 5) is 0. The molecule has 0 spiro atoms. The van der Waals surface area contributed by atoms with Crippen molar-refractivity contribution in [2.24, 2.45) is 0 Å². The standard InChI is InChI=1S/C21H15Br/c22-16-11-13-20-18-9-5-4-8-17(18)19(21(20)14-16)12-10-15-6-2-1-3-7-15/h1-9,11-14H,10H2/b19-12+. The van der Waals surface area contributed by atoms with Crippen molar-refractivity contribution in [3.05, 3.63) is 100 Å². The number of fused-ring (bicyclic) bond motifs is 3. The highest BCUT2D eigenvalue weighted by Crippen LogP contribution is 2.45. The summed E-state index contributed by atoms with van der Waals surface area (Å²) < 4.78 is 1.13. The van der Waals surface area contributed by atoms with E-state index in [1.54, 1.807) is 0 Å². The first-order valence-corrected chi connectivity index (χ1v) is 8.26. The molecule has 0 radical (unpaired) electrons. The molecule has 0 fully saturated rings. The molecule has 0 nitrogen and oxygen atoms in total. The molecule has 3 aromatic rings. The van der Waals surface area contributed by atoms with Crippen LogP contribution in [0.4, 0.5) is 0 Å². The van der Waals surface area contributed by atoms with Crippen LogP contribution >= 0.6 is 15.9 Å². The van der Waals surface area contributed by atoms with Gasteiger partial charge in [0.25, 0.3) is 0 Å². The first kappa shape index (κ1) is 13.5. The smallest absolute Gasteiger partial charge is 0.0181 e. The van der Waals surface area contributed by atoms with Gasteiger partial charge in [-0.25, -0.2) is 0 Å². The van der Waals surface area contributed by atoms with Crippen LogP contribution in [0.1, 0.15) is 16.7 Å². The number of hydrogen-bond acceptors (Lipinski definition) is 0. The van der Waals surface area contributed by atoms with Crippen LogP contribution < -0.4 is 0 Å². The van der Waals surface area contributed by atoms with Gasteiger partial charge in [-0.1, -0.05) is 82.7 Å². The molecule has 0 atom stereocenters. The third-order valence-corrected chi connectivity index (χ3v) is 4.66. The van der Waals surface area contributed by atoms with E-state index in [4.69, 9.17) is 0 Å². The Balaban J connectivity index is 1.83. The molecule has 1 heteroatoms. The molecule has 106 valence electrons. The normalized spacial score (nSPS) is 14.0. The van der Waals surface area contributed by atoms with E-state index in [1.807, 2.05) is 0 Å². The summed E-state index contributed by atoms with van der Waals surface area (Å²) in [5.74, 6) is 0. The Labute approximate surface area is 139 Å². The van der Waals surface area contributed by atoms with Crippen molar-refractivity contribution >= 4 is 21.5 Å². The van der Waals surface area contributed by atoms with E-state index in [0.717, 1.165) is 10.9 Å². The molecule has 0 saturated carbocycles. The van der Waals surface area contributed by atoms with Gasteiger partial charge in [-0.2, -0.15) is 0 Å².